The third-order valence-electron chi connectivity index (χ3n) is 4.32. The molecule has 7 nitrogen and oxygen atoms in total. The van der Waals surface area contributed by atoms with Gasteiger partial charge in [0.05, 0.1) is 18.8 Å². The SMILES string of the molecule is COC(=O)C(=O)C(Cc1ccccc1)NC(=O)c1nsnc1-c1ccc(C)cc1. The Hall–Kier alpha value is -3.39. The Morgan fingerprint density at radius 3 is 2.38 bits per heavy atom. The van der Waals surface area contributed by atoms with E-state index in [0.29, 0.717) is 5.69 Å². The van der Waals surface area contributed by atoms with E-state index in [4.69, 9.17) is 0 Å². The van der Waals surface area contributed by atoms with E-state index >= 15 is 0 Å². The summed E-state index contributed by atoms with van der Waals surface area (Å²) in [5.41, 5.74) is 3.15. The molecule has 1 heterocycles. The Balaban J connectivity index is 1.85. The normalized spacial score (nSPS) is 11.5. The number of amides is 1. The van der Waals surface area contributed by atoms with E-state index < -0.39 is 23.7 Å². The fourth-order valence-corrected chi connectivity index (χ4v) is 3.33. The highest BCUT2D eigenvalue weighted by Crippen LogP contribution is 2.22. The molecule has 1 aromatic heterocycles. The number of Topliss-reactive ketones (excluding diaryl/α,β-unsaturated/α-hetero) is 1. The highest BCUT2D eigenvalue weighted by Gasteiger charge is 2.30. The van der Waals surface area contributed by atoms with E-state index in [0.717, 1.165) is 35.5 Å². The summed E-state index contributed by atoms with van der Waals surface area (Å²) in [5.74, 6) is -2.42. The van der Waals surface area contributed by atoms with Crippen LogP contribution in [-0.4, -0.2) is 39.6 Å². The maximum atomic E-state index is 12.9. The second kappa shape index (κ2) is 9.20. The van der Waals surface area contributed by atoms with Gasteiger partial charge in [0.1, 0.15) is 11.7 Å². The number of aryl methyl sites for hydroxylation is 1. The Morgan fingerprint density at radius 2 is 1.72 bits per heavy atom. The average Bonchev–Trinajstić information content (AvgIpc) is 3.23. The van der Waals surface area contributed by atoms with Gasteiger partial charge in [-0.25, -0.2) is 4.79 Å². The molecule has 1 N–H and O–H groups in total. The summed E-state index contributed by atoms with van der Waals surface area (Å²) < 4.78 is 12.8. The minimum Gasteiger partial charge on any atom is -0.463 e. The van der Waals surface area contributed by atoms with Gasteiger partial charge in [0.15, 0.2) is 5.69 Å². The lowest BCUT2D eigenvalue weighted by molar-refractivity contribution is -0.152. The maximum absolute atomic E-state index is 12.9. The van der Waals surface area contributed by atoms with Crippen molar-refractivity contribution in [3.8, 4) is 11.3 Å². The molecule has 0 saturated heterocycles. The van der Waals surface area contributed by atoms with E-state index in [2.05, 4.69) is 18.8 Å². The lowest BCUT2D eigenvalue weighted by atomic mass is 10.0. The zero-order chi connectivity index (χ0) is 20.8. The third kappa shape index (κ3) is 4.91. The molecule has 8 heteroatoms. The van der Waals surface area contributed by atoms with Gasteiger partial charge >= 0.3 is 5.97 Å². The number of ether oxygens (including phenoxy) is 1. The van der Waals surface area contributed by atoms with Crippen LogP contribution in [0.15, 0.2) is 54.6 Å². The summed E-state index contributed by atoms with van der Waals surface area (Å²) in [4.78, 5) is 37.1. The molecule has 0 bridgehead atoms. The van der Waals surface area contributed by atoms with E-state index in [9.17, 15) is 14.4 Å². The van der Waals surface area contributed by atoms with Gasteiger partial charge in [-0.1, -0.05) is 60.2 Å². The van der Waals surface area contributed by atoms with E-state index in [-0.39, 0.29) is 12.1 Å². The van der Waals surface area contributed by atoms with Crippen LogP contribution in [0.1, 0.15) is 21.6 Å². The highest BCUT2D eigenvalue weighted by molar-refractivity contribution is 6.99. The lowest BCUT2D eigenvalue weighted by Gasteiger charge is -2.16. The fourth-order valence-electron chi connectivity index (χ4n) is 2.77. The molecular weight excluding hydrogens is 390 g/mol. The smallest absolute Gasteiger partial charge is 0.376 e. The number of carbonyl (C=O) groups excluding carboxylic acids is 3. The van der Waals surface area contributed by atoms with Crippen molar-refractivity contribution in [1.29, 1.82) is 0 Å². The molecule has 29 heavy (non-hydrogen) atoms. The number of carbonyl (C=O) groups is 3. The van der Waals surface area contributed by atoms with Crippen molar-refractivity contribution in [3.05, 3.63) is 71.4 Å². The summed E-state index contributed by atoms with van der Waals surface area (Å²) in [5, 5.41) is 2.62. The average molecular weight is 409 g/mol. The molecule has 0 fully saturated rings. The number of benzene rings is 2. The maximum Gasteiger partial charge on any atom is 0.376 e. The lowest BCUT2D eigenvalue weighted by Crippen LogP contribution is -2.46. The molecule has 0 saturated carbocycles. The first-order valence-electron chi connectivity index (χ1n) is 8.86. The molecule has 0 aliphatic rings. The first kappa shape index (κ1) is 20.3. The highest BCUT2D eigenvalue weighted by atomic mass is 32.1. The predicted molar refractivity (Wildman–Crippen MR) is 109 cm³/mol. The molecule has 148 valence electrons. The first-order chi connectivity index (χ1) is 14.0. The molecule has 1 amide bonds. The zero-order valence-corrected chi connectivity index (χ0v) is 16.7. The molecule has 0 aliphatic heterocycles. The van der Waals surface area contributed by atoms with Crippen LogP contribution in [0.25, 0.3) is 11.3 Å². The van der Waals surface area contributed by atoms with Crippen LogP contribution in [0.3, 0.4) is 0 Å². The topological polar surface area (TPSA) is 98.2 Å². The number of rotatable bonds is 7. The molecule has 1 unspecified atom stereocenters. The van der Waals surface area contributed by atoms with Gasteiger partial charge in [-0.15, -0.1) is 0 Å². The predicted octanol–water partition coefficient (Wildman–Crippen LogP) is 2.60. The molecule has 3 rings (SSSR count). The monoisotopic (exact) mass is 409 g/mol. The number of esters is 1. The van der Waals surface area contributed by atoms with Gasteiger partial charge in [0, 0.05) is 12.0 Å². The quantitative estimate of drug-likeness (QED) is 0.476. The van der Waals surface area contributed by atoms with Crippen LogP contribution >= 0.6 is 11.7 Å². The van der Waals surface area contributed by atoms with Gasteiger partial charge in [0.2, 0.25) is 0 Å². The fraction of sp³-hybridized carbons (Fsp3) is 0.190. The summed E-state index contributed by atoms with van der Waals surface area (Å²) >= 11 is 0.906. The molecule has 2 aromatic carbocycles. The van der Waals surface area contributed by atoms with Gasteiger partial charge in [-0.2, -0.15) is 8.75 Å². The van der Waals surface area contributed by atoms with Crippen LogP contribution in [0.5, 0.6) is 0 Å². The molecule has 0 spiro atoms. The van der Waals surface area contributed by atoms with Crippen LogP contribution in [-0.2, 0) is 20.7 Å². The van der Waals surface area contributed by atoms with E-state index in [1.54, 1.807) is 0 Å². The number of nitrogens with zero attached hydrogens (tertiary/aromatic N) is 2. The van der Waals surface area contributed by atoms with Gasteiger partial charge in [0.25, 0.3) is 11.7 Å². The van der Waals surface area contributed by atoms with Crippen molar-refractivity contribution >= 4 is 29.4 Å². The second-order valence-corrected chi connectivity index (χ2v) is 6.93. The molecule has 0 radical (unpaired) electrons. The van der Waals surface area contributed by atoms with Crippen molar-refractivity contribution in [1.82, 2.24) is 14.1 Å². The number of hydrogen-bond acceptors (Lipinski definition) is 7. The van der Waals surface area contributed by atoms with Crippen LogP contribution in [0, 0.1) is 6.92 Å². The Bertz CT molecular complexity index is 1020. The Labute approximate surface area is 172 Å². The van der Waals surface area contributed by atoms with E-state index in [1.165, 1.54) is 0 Å². The third-order valence-corrected chi connectivity index (χ3v) is 4.85. The Morgan fingerprint density at radius 1 is 1.03 bits per heavy atom. The summed E-state index contributed by atoms with van der Waals surface area (Å²) in [6.07, 6.45) is 0.151. The van der Waals surface area contributed by atoms with E-state index in [1.807, 2.05) is 61.5 Å². The molecule has 3 aromatic rings. The molecule has 0 aliphatic carbocycles. The van der Waals surface area contributed by atoms with Gasteiger partial charge in [-0.3, -0.25) is 9.59 Å². The van der Waals surface area contributed by atoms with Crippen molar-refractivity contribution in [2.45, 2.75) is 19.4 Å². The minimum atomic E-state index is -1.08. The number of methoxy groups -OCH3 is 1. The summed E-state index contributed by atoms with van der Waals surface area (Å²) in [6, 6.07) is 15.5. The van der Waals surface area contributed by atoms with Crippen LogP contribution in [0.4, 0.5) is 0 Å². The standard InChI is InChI=1S/C21H19N3O4S/c1-13-8-10-15(11-9-13)17-18(24-29-23-17)20(26)22-16(19(25)21(27)28-2)12-14-6-4-3-5-7-14/h3-11,16H,12H2,1-2H3,(H,22,26). The second-order valence-electron chi connectivity index (χ2n) is 6.40. The zero-order valence-electron chi connectivity index (χ0n) is 15.9. The van der Waals surface area contributed by atoms with Crippen molar-refractivity contribution in [2.24, 2.45) is 0 Å². The Kier molecular flexibility index (Phi) is 6.46. The molecular formula is C21H19N3O4S. The number of aromatic nitrogens is 2. The summed E-state index contributed by atoms with van der Waals surface area (Å²) in [6.45, 7) is 1.96. The van der Waals surface area contributed by atoms with Crippen LogP contribution < -0.4 is 5.32 Å². The van der Waals surface area contributed by atoms with Crippen molar-refractivity contribution in [2.75, 3.05) is 7.11 Å². The van der Waals surface area contributed by atoms with Crippen molar-refractivity contribution in [3.63, 3.8) is 0 Å². The van der Waals surface area contributed by atoms with Crippen molar-refractivity contribution < 1.29 is 19.1 Å². The number of hydrogen-bond donors (Lipinski definition) is 1. The largest absolute Gasteiger partial charge is 0.463 e. The first-order valence-corrected chi connectivity index (χ1v) is 9.59. The molecule has 1 atom stereocenters. The summed E-state index contributed by atoms with van der Waals surface area (Å²) in [7, 11) is 1.13. The van der Waals surface area contributed by atoms with Crippen LogP contribution in [0.2, 0.25) is 0 Å². The van der Waals surface area contributed by atoms with Gasteiger partial charge in [-0.05, 0) is 12.5 Å². The minimum absolute atomic E-state index is 0.106. The number of nitrogens with one attached hydrogen (secondary N) is 1. The van der Waals surface area contributed by atoms with Gasteiger partial charge < -0.3 is 10.1 Å². The number of ketones is 1.